The number of benzene rings is 3. The molecule has 0 fully saturated rings. The van der Waals surface area contributed by atoms with Crippen LogP contribution in [0.3, 0.4) is 0 Å². The summed E-state index contributed by atoms with van der Waals surface area (Å²) in [5, 5.41) is 14.5. The number of tetrazole rings is 1. The second-order valence-corrected chi connectivity index (χ2v) is 9.79. The third-order valence-electron chi connectivity index (χ3n) is 7.05. The topological polar surface area (TPSA) is 81.4 Å². The van der Waals surface area contributed by atoms with Crippen LogP contribution in [0, 0.1) is 5.82 Å². The fourth-order valence-electron chi connectivity index (χ4n) is 5.09. The van der Waals surface area contributed by atoms with Crippen LogP contribution in [0.1, 0.15) is 56.4 Å². The van der Waals surface area contributed by atoms with Gasteiger partial charge in [0.1, 0.15) is 5.82 Å². The Morgan fingerprint density at radius 2 is 1.67 bits per heavy atom. The minimum Gasteiger partial charge on any atom is -0.292 e. The highest BCUT2D eigenvalue weighted by molar-refractivity contribution is 5.80. The maximum absolute atomic E-state index is 15.1. The van der Waals surface area contributed by atoms with Gasteiger partial charge in [0.2, 0.25) is 5.82 Å². The number of nitrogens with one attached hydrogen (secondary N) is 1. The Bertz CT molecular complexity index is 1580. The highest BCUT2D eigenvalue weighted by Gasteiger charge is 2.18. The molecule has 0 amide bonds. The molecule has 8 heteroatoms. The van der Waals surface area contributed by atoms with Gasteiger partial charge in [0.05, 0.1) is 12.2 Å². The number of nitrogens with zero attached hydrogens (tertiary/aromatic N) is 5. The molecule has 5 aromatic rings. The summed E-state index contributed by atoms with van der Waals surface area (Å²) in [6.45, 7) is 4.63. The number of imidazole rings is 1. The van der Waals surface area contributed by atoms with Crippen molar-refractivity contribution >= 4 is 0 Å². The first kappa shape index (κ1) is 26.3. The molecule has 0 radical (unpaired) electrons. The van der Waals surface area contributed by atoms with Crippen molar-refractivity contribution in [2.45, 2.75) is 58.9 Å². The van der Waals surface area contributed by atoms with E-state index in [1.165, 1.54) is 10.6 Å². The zero-order valence-electron chi connectivity index (χ0n) is 22.4. The van der Waals surface area contributed by atoms with Gasteiger partial charge in [-0.1, -0.05) is 93.8 Å². The van der Waals surface area contributed by atoms with Crippen LogP contribution in [0.15, 0.2) is 77.7 Å². The van der Waals surface area contributed by atoms with E-state index in [2.05, 4.69) is 34.5 Å². The van der Waals surface area contributed by atoms with E-state index in [0.717, 1.165) is 65.6 Å². The number of H-pyrrole nitrogens is 1. The van der Waals surface area contributed by atoms with Crippen LogP contribution >= 0.6 is 0 Å². The molecular formula is C31H33FN6O. The molecule has 3 aromatic carbocycles. The molecule has 0 saturated heterocycles. The van der Waals surface area contributed by atoms with E-state index in [1.807, 2.05) is 60.8 Å². The van der Waals surface area contributed by atoms with Crippen LogP contribution in [-0.4, -0.2) is 29.8 Å². The number of rotatable bonds is 11. The first-order chi connectivity index (χ1) is 19.1. The van der Waals surface area contributed by atoms with E-state index < -0.39 is 0 Å². The van der Waals surface area contributed by atoms with Crippen LogP contribution in [0.25, 0.3) is 28.2 Å². The monoisotopic (exact) mass is 524 g/mol. The van der Waals surface area contributed by atoms with Crippen LogP contribution in [0.5, 0.6) is 0 Å². The molecule has 2 heterocycles. The van der Waals surface area contributed by atoms with Crippen LogP contribution in [0.4, 0.5) is 4.39 Å². The standard InChI is InChI=1S/C31H33FN6O/c1-3-5-6-12-25-21-38(29-24(10-4-2)11-9-15-28(29)32)31(39)37(25)20-22-16-18-23(19-17-22)26-13-7-8-14-27(26)30-33-35-36-34-30/h7-9,11,13-19,21H,3-6,10,12,20H2,1-2H3,(H,33,34,35,36). The van der Waals surface area contributed by atoms with Crippen LogP contribution < -0.4 is 5.69 Å². The first-order valence-corrected chi connectivity index (χ1v) is 13.6. The summed E-state index contributed by atoms with van der Waals surface area (Å²) < 4.78 is 18.4. The molecule has 2 aromatic heterocycles. The first-order valence-electron chi connectivity index (χ1n) is 13.6. The Hall–Kier alpha value is -4.33. The molecule has 0 aliphatic heterocycles. The van der Waals surface area contributed by atoms with Gasteiger partial charge < -0.3 is 0 Å². The van der Waals surface area contributed by atoms with Crippen molar-refractivity contribution in [2.75, 3.05) is 0 Å². The van der Waals surface area contributed by atoms with Gasteiger partial charge in [-0.05, 0) is 52.8 Å². The molecule has 0 atom stereocenters. The van der Waals surface area contributed by atoms with E-state index in [4.69, 9.17) is 0 Å². The molecule has 0 unspecified atom stereocenters. The Balaban J connectivity index is 1.49. The van der Waals surface area contributed by atoms with Gasteiger partial charge >= 0.3 is 5.69 Å². The fraction of sp³-hybridized carbons (Fsp3) is 0.290. The average molecular weight is 525 g/mol. The maximum Gasteiger partial charge on any atom is 0.333 e. The van der Waals surface area contributed by atoms with E-state index in [1.54, 1.807) is 10.6 Å². The Labute approximate surface area is 227 Å². The molecule has 0 saturated carbocycles. The molecular weight excluding hydrogens is 491 g/mol. The van der Waals surface area contributed by atoms with Crippen molar-refractivity contribution in [2.24, 2.45) is 0 Å². The van der Waals surface area contributed by atoms with Crippen molar-refractivity contribution < 1.29 is 4.39 Å². The lowest BCUT2D eigenvalue weighted by atomic mass is 9.98. The summed E-state index contributed by atoms with van der Waals surface area (Å²) in [6.07, 6.45) is 7.33. The predicted octanol–water partition coefficient (Wildman–Crippen LogP) is 6.36. The number of unbranched alkanes of at least 4 members (excludes halogenated alkanes) is 2. The van der Waals surface area contributed by atoms with Crippen molar-refractivity contribution in [3.63, 3.8) is 0 Å². The Morgan fingerprint density at radius 1 is 0.872 bits per heavy atom. The largest absolute Gasteiger partial charge is 0.333 e. The molecule has 0 aliphatic rings. The number of hydrogen-bond donors (Lipinski definition) is 1. The Morgan fingerprint density at radius 3 is 2.38 bits per heavy atom. The summed E-state index contributed by atoms with van der Waals surface area (Å²) >= 11 is 0. The fourth-order valence-corrected chi connectivity index (χ4v) is 5.09. The van der Waals surface area contributed by atoms with Crippen molar-refractivity contribution in [3.05, 3.63) is 106 Å². The molecule has 39 heavy (non-hydrogen) atoms. The lowest BCUT2D eigenvalue weighted by Gasteiger charge is -2.11. The SMILES string of the molecule is CCCCCc1cn(-c2c(F)cccc2CCC)c(=O)n1Cc1ccc(-c2ccccc2-c2nn[nH]n2)cc1. The molecule has 0 aliphatic carbocycles. The quantitative estimate of drug-likeness (QED) is 0.204. The van der Waals surface area contributed by atoms with E-state index in [9.17, 15) is 4.79 Å². The summed E-state index contributed by atoms with van der Waals surface area (Å²) in [5.41, 5.74) is 5.82. The van der Waals surface area contributed by atoms with E-state index >= 15 is 4.39 Å². The third kappa shape index (κ3) is 5.60. The second-order valence-electron chi connectivity index (χ2n) is 9.79. The van der Waals surface area contributed by atoms with Gasteiger partial charge in [0, 0.05) is 17.5 Å². The zero-order valence-corrected chi connectivity index (χ0v) is 22.4. The van der Waals surface area contributed by atoms with Crippen molar-refractivity contribution in [3.8, 4) is 28.2 Å². The summed E-state index contributed by atoms with van der Waals surface area (Å²) in [4.78, 5) is 13.7. The predicted molar refractivity (Wildman–Crippen MR) is 151 cm³/mol. The van der Waals surface area contributed by atoms with Gasteiger partial charge in [-0.15, -0.1) is 10.2 Å². The van der Waals surface area contributed by atoms with Crippen LogP contribution in [0.2, 0.25) is 0 Å². The highest BCUT2D eigenvalue weighted by atomic mass is 19.1. The van der Waals surface area contributed by atoms with Gasteiger partial charge in [0.15, 0.2) is 0 Å². The molecule has 1 N–H and O–H groups in total. The minimum absolute atomic E-state index is 0.213. The summed E-state index contributed by atoms with van der Waals surface area (Å²) in [6, 6.07) is 21.1. The number of aryl methyl sites for hydroxylation is 2. The Kier molecular flexibility index (Phi) is 8.10. The summed E-state index contributed by atoms with van der Waals surface area (Å²) in [7, 11) is 0. The van der Waals surface area contributed by atoms with Crippen molar-refractivity contribution in [1.82, 2.24) is 29.8 Å². The number of aromatic amines is 1. The van der Waals surface area contributed by atoms with Crippen molar-refractivity contribution in [1.29, 1.82) is 0 Å². The zero-order chi connectivity index (χ0) is 27.2. The van der Waals surface area contributed by atoms with Gasteiger partial charge in [-0.2, -0.15) is 5.21 Å². The highest BCUT2D eigenvalue weighted by Crippen LogP contribution is 2.30. The molecule has 0 spiro atoms. The number of hydrogen-bond acceptors (Lipinski definition) is 4. The molecule has 7 nitrogen and oxygen atoms in total. The number of halogens is 1. The third-order valence-corrected chi connectivity index (χ3v) is 7.05. The lowest BCUT2D eigenvalue weighted by Crippen LogP contribution is -2.26. The van der Waals surface area contributed by atoms with E-state index in [0.29, 0.717) is 24.5 Å². The van der Waals surface area contributed by atoms with Gasteiger partial charge in [0.25, 0.3) is 0 Å². The van der Waals surface area contributed by atoms with Gasteiger partial charge in [-0.3, -0.25) is 9.13 Å². The second kappa shape index (κ2) is 12.0. The molecule has 5 rings (SSSR count). The number of para-hydroxylation sites is 1. The summed E-state index contributed by atoms with van der Waals surface area (Å²) in [5.74, 6) is 0.166. The number of aromatic nitrogens is 6. The molecule has 0 bridgehead atoms. The maximum atomic E-state index is 15.1. The van der Waals surface area contributed by atoms with Crippen LogP contribution in [-0.2, 0) is 19.4 Å². The lowest BCUT2D eigenvalue weighted by molar-refractivity contribution is 0.608. The van der Waals surface area contributed by atoms with E-state index in [-0.39, 0.29) is 11.5 Å². The van der Waals surface area contributed by atoms with Gasteiger partial charge in [-0.25, -0.2) is 9.18 Å². The average Bonchev–Trinajstić information content (AvgIpc) is 3.59. The minimum atomic E-state index is -0.370. The normalized spacial score (nSPS) is 11.3. The smallest absolute Gasteiger partial charge is 0.292 e. The molecule has 200 valence electrons.